The Labute approximate surface area is 139 Å². The summed E-state index contributed by atoms with van der Waals surface area (Å²) < 4.78 is 23.7. The number of carbonyl (C=O) groups excluding carboxylic acids is 1. The summed E-state index contributed by atoms with van der Waals surface area (Å²) in [5.41, 5.74) is 6.54. The third-order valence-corrected chi connectivity index (χ3v) is 4.78. The Bertz CT molecular complexity index is 535. The summed E-state index contributed by atoms with van der Waals surface area (Å²) in [6, 6.07) is 9.71. The van der Waals surface area contributed by atoms with E-state index in [0.717, 1.165) is 5.56 Å². The predicted molar refractivity (Wildman–Crippen MR) is 91.9 cm³/mol. The molecule has 5 nitrogen and oxygen atoms in total. The van der Waals surface area contributed by atoms with Gasteiger partial charge in [0.1, 0.15) is 5.75 Å². The number of amides is 1. The molecule has 0 heterocycles. The van der Waals surface area contributed by atoms with Gasteiger partial charge in [-0.05, 0) is 30.9 Å². The molecule has 22 heavy (non-hydrogen) atoms. The summed E-state index contributed by atoms with van der Waals surface area (Å²) in [5.74, 6) is -0.717. The van der Waals surface area contributed by atoms with Crippen LogP contribution in [0.3, 0.4) is 0 Å². The van der Waals surface area contributed by atoms with E-state index < -0.39 is 21.5 Å². The molecule has 0 aliphatic carbocycles. The predicted octanol–water partition coefficient (Wildman–Crippen LogP) is 1.17. The van der Waals surface area contributed by atoms with Crippen molar-refractivity contribution in [1.82, 2.24) is 5.32 Å². The maximum atomic E-state index is 11.9. The number of hydrogen-bond acceptors (Lipinski definition) is 4. The summed E-state index contributed by atoms with van der Waals surface area (Å²) >= 11 is 0. The summed E-state index contributed by atoms with van der Waals surface area (Å²) in [7, 11) is -3.35. The highest BCUT2D eigenvalue weighted by atomic mass is 35.5. The van der Waals surface area contributed by atoms with Crippen LogP contribution in [0.2, 0.25) is 0 Å². The number of halogens is 1. The molecule has 1 rings (SSSR count). The second kappa shape index (κ2) is 10.6. The fourth-order valence-electron chi connectivity index (χ4n) is 1.84. The van der Waals surface area contributed by atoms with E-state index in [2.05, 4.69) is 5.32 Å². The number of benzene rings is 1. The first-order valence-electron chi connectivity index (χ1n) is 7.14. The maximum Gasteiger partial charge on any atom is 0.235 e. The molecule has 0 saturated carbocycles. The quantitative estimate of drug-likeness (QED) is 0.701. The highest BCUT2D eigenvalue weighted by molar-refractivity contribution is 7.92. The molecule has 126 valence electrons. The SMILES string of the molecule is CC(CN)CNC(=O)CS(=O)(=O)CCCc1ccccc1.Cl. The average molecular weight is 349 g/mol. The zero-order chi connectivity index (χ0) is 15.7. The molecule has 1 amide bonds. The third kappa shape index (κ3) is 9.02. The van der Waals surface area contributed by atoms with Gasteiger partial charge in [0.15, 0.2) is 9.84 Å². The topological polar surface area (TPSA) is 89.3 Å². The number of aryl methyl sites for hydroxylation is 1. The van der Waals surface area contributed by atoms with Crippen molar-refractivity contribution < 1.29 is 13.2 Å². The normalized spacial score (nSPS) is 12.3. The maximum absolute atomic E-state index is 11.9. The molecule has 3 N–H and O–H groups in total. The Morgan fingerprint density at radius 1 is 1.27 bits per heavy atom. The highest BCUT2D eigenvalue weighted by Gasteiger charge is 2.16. The monoisotopic (exact) mass is 348 g/mol. The van der Waals surface area contributed by atoms with Gasteiger partial charge in [0.05, 0.1) is 5.75 Å². The van der Waals surface area contributed by atoms with Crippen LogP contribution in [0.5, 0.6) is 0 Å². The Morgan fingerprint density at radius 3 is 2.50 bits per heavy atom. The number of sulfone groups is 1. The third-order valence-electron chi connectivity index (χ3n) is 3.16. The smallest absolute Gasteiger partial charge is 0.235 e. The lowest BCUT2D eigenvalue weighted by Gasteiger charge is -2.10. The van der Waals surface area contributed by atoms with Gasteiger partial charge in [-0.15, -0.1) is 12.4 Å². The Kier molecular flexibility index (Phi) is 10.1. The molecular weight excluding hydrogens is 324 g/mol. The van der Waals surface area contributed by atoms with E-state index in [4.69, 9.17) is 5.73 Å². The van der Waals surface area contributed by atoms with E-state index in [9.17, 15) is 13.2 Å². The number of carbonyl (C=O) groups is 1. The fraction of sp³-hybridized carbons (Fsp3) is 0.533. The second-order valence-corrected chi connectivity index (χ2v) is 7.51. The molecule has 1 unspecified atom stereocenters. The second-order valence-electron chi connectivity index (χ2n) is 5.33. The Balaban J connectivity index is 0.00000441. The van der Waals surface area contributed by atoms with E-state index in [-0.39, 0.29) is 24.1 Å². The van der Waals surface area contributed by atoms with Crippen molar-refractivity contribution in [1.29, 1.82) is 0 Å². The Morgan fingerprint density at radius 2 is 1.91 bits per heavy atom. The minimum absolute atomic E-state index is 0. The number of rotatable bonds is 9. The van der Waals surface area contributed by atoms with E-state index in [0.29, 0.717) is 25.9 Å². The van der Waals surface area contributed by atoms with Crippen molar-refractivity contribution in [2.45, 2.75) is 19.8 Å². The first kappa shape index (κ1) is 20.9. The zero-order valence-electron chi connectivity index (χ0n) is 12.8. The van der Waals surface area contributed by atoms with Crippen LogP contribution in [0.25, 0.3) is 0 Å². The molecule has 0 bridgehead atoms. The molecule has 7 heteroatoms. The van der Waals surface area contributed by atoms with Crippen LogP contribution in [0, 0.1) is 5.92 Å². The molecular formula is C15H25ClN2O3S. The van der Waals surface area contributed by atoms with Gasteiger partial charge in [0, 0.05) is 6.54 Å². The molecule has 0 saturated heterocycles. The van der Waals surface area contributed by atoms with Gasteiger partial charge >= 0.3 is 0 Å². The molecule has 0 aliphatic heterocycles. The first-order chi connectivity index (χ1) is 9.93. The van der Waals surface area contributed by atoms with E-state index >= 15 is 0 Å². The number of hydrogen-bond donors (Lipinski definition) is 2. The van der Waals surface area contributed by atoms with Gasteiger partial charge in [0.25, 0.3) is 0 Å². The largest absolute Gasteiger partial charge is 0.355 e. The standard InChI is InChI=1S/C15H24N2O3S.ClH/c1-13(10-16)11-17-15(18)12-21(19,20)9-5-8-14-6-3-2-4-7-14;/h2-4,6-7,13H,5,8-12,16H2,1H3,(H,17,18);1H. The fourth-order valence-corrected chi connectivity index (χ4v) is 3.07. The lowest BCUT2D eigenvalue weighted by atomic mass is 10.1. The molecule has 1 aromatic carbocycles. The Hall–Kier alpha value is -1.11. The van der Waals surface area contributed by atoms with Crippen LogP contribution < -0.4 is 11.1 Å². The van der Waals surface area contributed by atoms with Gasteiger partial charge in [-0.3, -0.25) is 4.79 Å². The molecule has 0 fully saturated rings. The highest BCUT2D eigenvalue weighted by Crippen LogP contribution is 2.04. The summed E-state index contributed by atoms with van der Waals surface area (Å²) in [5, 5.41) is 2.60. The molecule has 0 aliphatic rings. The molecule has 1 atom stereocenters. The van der Waals surface area contributed by atoms with E-state index in [1.807, 2.05) is 37.3 Å². The summed E-state index contributed by atoms with van der Waals surface area (Å²) in [4.78, 5) is 11.6. The first-order valence-corrected chi connectivity index (χ1v) is 8.96. The van der Waals surface area contributed by atoms with Gasteiger partial charge < -0.3 is 11.1 Å². The van der Waals surface area contributed by atoms with Crippen LogP contribution >= 0.6 is 12.4 Å². The van der Waals surface area contributed by atoms with Gasteiger partial charge in [-0.25, -0.2) is 8.42 Å². The molecule has 0 spiro atoms. The lowest BCUT2D eigenvalue weighted by molar-refractivity contribution is -0.118. The lowest BCUT2D eigenvalue weighted by Crippen LogP contribution is -2.35. The van der Waals surface area contributed by atoms with Crippen molar-refractivity contribution in [3.63, 3.8) is 0 Å². The van der Waals surface area contributed by atoms with Crippen LogP contribution in [-0.2, 0) is 21.1 Å². The molecule has 0 radical (unpaired) electrons. The van der Waals surface area contributed by atoms with Crippen LogP contribution in [0.15, 0.2) is 30.3 Å². The van der Waals surface area contributed by atoms with E-state index in [1.165, 1.54) is 0 Å². The number of nitrogens with one attached hydrogen (secondary N) is 1. The van der Waals surface area contributed by atoms with Crippen molar-refractivity contribution in [2.75, 3.05) is 24.6 Å². The van der Waals surface area contributed by atoms with Gasteiger partial charge in [-0.2, -0.15) is 0 Å². The van der Waals surface area contributed by atoms with Crippen molar-refractivity contribution in [3.05, 3.63) is 35.9 Å². The van der Waals surface area contributed by atoms with Crippen LogP contribution in [0.1, 0.15) is 18.9 Å². The summed E-state index contributed by atoms with van der Waals surface area (Å²) in [6.07, 6.45) is 1.23. The number of nitrogens with two attached hydrogens (primary N) is 1. The van der Waals surface area contributed by atoms with Gasteiger partial charge in [0.2, 0.25) is 5.91 Å². The van der Waals surface area contributed by atoms with E-state index in [1.54, 1.807) is 0 Å². The van der Waals surface area contributed by atoms with Crippen LogP contribution in [-0.4, -0.2) is 38.9 Å². The average Bonchev–Trinajstić information content (AvgIpc) is 2.45. The van der Waals surface area contributed by atoms with Gasteiger partial charge in [-0.1, -0.05) is 37.3 Å². The molecule has 1 aromatic rings. The van der Waals surface area contributed by atoms with Crippen molar-refractivity contribution >= 4 is 28.2 Å². The minimum atomic E-state index is -3.35. The zero-order valence-corrected chi connectivity index (χ0v) is 14.5. The minimum Gasteiger partial charge on any atom is -0.355 e. The summed E-state index contributed by atoms with van der Waals surface area (Å²) in [6.45, 7) is 2.77. The molecule has 0 aromatic heterocycles. The van der Waals surface area contributed by atoms with Crippen molar-refractivity contribution in [2.24, 2.45) is 11.7 Å². The van der Waals surface area contributed by atoms with Crippen LogP contribution in [0.4, 0.5) is 0 Å². The van der Waals surface area contributed by atoms with Crippen molar-refractivity contribution in [3.8, 4) is 0 Å².